The van der Waals surface area contributed by atoms with Gasteiger partial charge in [-0.2, -0.15) is 0 Å². The zero-order valence-corrected chi connectivity index (χ0v) is 10.6. The number of nitrogens with two attached hydrogens (primary N) is 1. The predicted molar refractivity (Wildman–Crippen MR) is 68.6 cm³/mol. The minimum atomic E-state index is -0.109. The van der Waals surface area contributed by atoms with E-state index in [2.05, 4.69) is 31.8 Å². The van der Waals surface area contributed by atoms with Crippen molar-refractivity contribution >= 4 is 26.7 Å². The molecule has 0 amide bonds. The second-order valence-corrected chi connectivity index (χ2v) is 5.82. The van der Waals surface area contributed by atoms with Crippen molar-refractivity contribution in [1.82, 2.24) is 4.98 Å². The predicted octanol–water partition coefficient (Wildman–Crippen LogP) is 3.19. The molecule has 2 N–H and O–H groups in total. The molecule has 3 nitrogen and oxygen atoms in total. The van der Waals surface area contributed by atoms with Crippen molar-refractivity contribution in [2.24, 2.45) is 0 Å². The SMILES string of the molecule is CC(C)(C)OCc1ccc2nc(N)sc2c1. The lowest BCUT2D eigenvalue weighted by molar-refractivity contribution is -0.0149. The van der Waals surface area contributed by atoms with E-state index in [1.54, 1.807) is 0 Å². The quantitative estimate of drug-likeness (QED) is 0.871. The number of hydrogen-bond acceptors (Lipinski definition) is 4. The minimum Gasteiger partial charge on any atom is -0.375 e. The largest absolute Gasteiger partial charge is 0.375 e. The molecule has 0 aliphatic heterocycles. The Hall–Kier alpha value is -1.13. The maximum Gasteiger partial charge on any atom is 0.181 e. The third kappa shape index (κ3) is 2.71. The van der Waals surface area contributed by atoms with Crippen LogP contribution in [0.1, 0.15) is 26.3 Å². The van der Waals surface area contributed by atoms with Gasteiger partial charge in [-0.3, -0.25) is 0 Å². The maximum atomic E-state index is 5.72. The Balaban J connectivity index is 2.19. The summed E-state index contributed by atoms with van der Waals surface area (Å²) in [7, 11) is 0. The van der Waals surface area contributed by atoms with Crippen molar-refractivity contribution in [3.8, 4) is 0 Å². The molecule has 1 aromatic heterocycles. The van der Waals surface area contributed by atoms with Crippen LogP contribution in [0.4, 0.5) is 5.13 Å². The van der Waals surface area contributed by atoms with E-state index in [-0.39, 0.29) is 5.60 Å². The first-order valence-corrected chi connectivity index (χ1v) is 6.05. The van der Waals surface area contributed by atoms with Gasteiger partial charge in [0.1, 0.15) is 0 Å². The summed E-state index contributed by atoms with van der Waals surface area (Å²) in [6, 6.07) is 6.12. The fourth-order valence-corrected chi connectivity index (χ4v) is 2.17. The molecule has 0 aliphatic carbocycles. The molecule has 0 fully saturated rings. The number of anilines is 1. The van der Waals surface area contributed by atoms with E-state index >= 15 is 0 Å². The first-order valence-electron chi connectivity index (χ1n) is 5.23. The Morgan fingerprint density at radius 3 is 2.81 bits per heavy atom. The summed E-state index contributed by atoms with van der Waals surface area (Å²) in [6.07, 6.45) is 0. The Labute approximate surface area is 99.3 Å². The molecule has 0 saturated carbocycles. The minimum absolute atomic E-state index is 0.109. The van der Waals surface area contributed by atoms with Gasteiger partial charge in [-0.1, -0.05) is 17.4 Å². The van der Waals surface area contributed by atoms with Crippen LogP contribution < -0.4 is 5.73 Å². The van der Waals surface area contributed by atoms with Crippen molar-refractivity contribution in [3.05, 3.63) is 23.8 Å². The summed E-state index contributed by atoms with van der Waals surface area (Å²) >= 11 is 1.51. The average Bonchev–Trinajstić information content (AvgIpc) is 2.52. The summed E-state index contributed by atoms with van der Waals surface area (Å²) in [5.74, 6) is 0. The highest BCUT2D eigenvalue weighted by Crippen LogP contribution is 2.25. The number of aromatic nitrogens is 1. The van der Waals surface area contributed by atoms with Crippen LogP contribution in [-0.4, -0.2) is 10.6 Å². The smallest absolute Gasteiger partial charge is 0.181 e. The van der Waals surface area contributed by atoms with Crippen molar-refractivity contribution in [2.75, 3.05) is 5.73 Å². The van der Waals surface area contributed by atoms with Crippen LogP contribution in [-0.2, 0) is 11.3 Å². The molecule has 0 atom stereocenters. The van der Waals surface area contributed by atoms with Gasteiger partial charge in [-0.15, -0.1) is 0 Å². The fraction of sp³-hybridized carbons (Fsp3) is 0.417. The summed E-state index contributed by atoms with van der Waals surface area (Å²) in [5, 5.41) is 0.615. The molecule has 0 bridgehead atoms. The molecule has 0 unspecified atom stereocenters. The Morgan fingerprint density at radius 2 is 2.12 bits per heavy atom. The lowest BCUT2D eigenvalue weighted by atomic mass is 10.2. The van der Waals surface area contributed by atoms with Crippen LogP contribution in [0.2, 0.25) is 0 Å². The second-order valence-electron chi connectivity index (χ2n) is 4.76. The van der Waals surface area contributed by atoms with Crippen LogP contribution in [0.25, 0.3) is 10.2 Å². The molecular weight excluding hydrogens is 220 g/mol. The number of fused-ring (bicyclic) bond motifs is 1. The number of ether oxygens (including phenoxy) is 1. The number of rotatable bonds is 2. The highest BCUT2D eigenvalue weighted by Gasteiger charge is 2.10. The summed E-state index contributed by atoms with van der Waals surface area (Å²) in [6.45, 7) is 6.78. The molecule has 2 aromatic rings. The molecule has 0 aliphatic rings. The monoisotopic (exact) mass is 236 g/mol. The summed E-state index contributed by atoms with van der Waals surface area (Å²) in [4.78, 5) is 4.22. The lowest BCUT2D eigenvalue weighted by Crippen LogP contribution is -2.18. The van der Waals surface area contributed by atoms with Gasteiger partial charge in [0, 0.05) is 0 Å². The Morgan fingerprint density at radius 1 is 1.38 bits per heavy atom. The zero-order chi connectivity index (χ0) is 11.8. The highest BCUT2D eigenvalue weighted by atomic mass is 32.1. The lowest BCUT2D eigenvalue weighted by Gasteiger charge is -2.19. The average molecular weight is 236 g/mol. The number of nitrogens with zero attached hydrogens (tertiary/aromatic N) is 1. The fourth-order valence-electron chi connectivity index (χ4n) is 1.38. The first-order chi connectivity index (χ1) is 7.44. The van der Waals surface area contributed by atoms with Gasteiger partial charge < -0.3 is 10.5 Å². The molecule has 4 heteroatoms. The van der Waals surface area contributed by atoms with Gasteiger partial charge in [0.15, 0.2) is 5.13 Å². The Kier molecular flexibility index (Phi) is 2.86. The van der Waals surface area contributed by atoms with Crippen LogP contribution in [0.3, 0.4) is 0 Å². The van der Waals surface area contributed by atoms with Crippen molar-refractivity contribution in [3.63, 3.8) is 0 Å². The van der Waals surface area contributed by atoms with Gasteiger partial charge in [-0.25, -0.2) is 4.98 Å². The number of benzene rings is 1. The third-order valence-corrected chi connectivity index (χ3v) is 2.99. The van der Waals surface area contributed by atoms with E-state index in [0.29, 0.717) is 11.7 Å². The molecule has 16 heavy (non-hydrogen) atoms. The number of thiazole rings is 1. The standard InChI is InChI=1S/C12H16N2OS/c1-12(2,3)15-7-8-4-5-9-10(6-8)16-11(13)14-9/h4-6H,7H2,1-3H3,(H2,13,14). The van der Waals surface area contributed by atoms with Gasteiger partial charge in [0.05, 0.1) is 22.4 Å². The van der Waals surface area contributed by atoms with E-state index in [1.807, 2.05) is 12.1 Å². The summed E-state index contributed by atoms with van der Waals surface area (Å²) in [5.41, 5.74) is 7.67. The van der Waals surface area contributed by atoms with E-state index in [4.69, 9.17) is 10.5 Å². The molecule has 2 rings (SSSR count). The second kappa shape index (κ2) is 4.03. The van der Waals surface area contributed by atoms with Gasteiger partial charge in [0.2, 0.25) is 0 Å². The van der Waals surface area contributed by atoms with E-state index < -0.39 is 0 Å². The molecule has 86 valence electrons. The zero-order valence-electron chi connectivity index (χ0n) is 9.78. The molecular formula is C12H16N2OS. The molecule has 0 radical (unpaired) electrons. The molecule has 1 heterocycles. The van der Waals surface area contributed by atoms with E-state index in [9.17, 15) is 0 Å². The van der Waals surface area contributed by atoms with Crippen LogP contribution in [0.15, 0.2) is 18.2 Å². The topological polar surface area (TPSA) is 48.1 Å². The first kappa shape index (κ1) is 11.4. The van der Waals surface area contributed by atoms with Gasteiger partial charge >= 0.3 is 0 Å². The third-order valence-electron chi connectivity index (χ3n) is 2.14. The van der Waals surface area contributed by atoms with Gasteiger partial charge in [0.25, 0.3) is 0 Å². The van der Waals surface area contributed by atoms with Crippen molar-refractivity contribution in [2.45, 2.75) is 33.0 Å². The molecule has 1 aromatic carbocycles. The molecule has 0 saturated heterocycles. The summed E-state index contributed by atoms with van der Waals surface area (Å²) < 4.78 is 6.84. The maximum absolute atomic E-state index is 5.72. The number of nitrogen functional groups attached to an aromatic ring is 1. The van der Waals surface area contributed by atoms with Crippen molar-refractivity contribution < 1.29 is 4.74 Å². The van der Waals surface area contributed by atoms with Gasteiger partial charge in [-0.05, 0) is 38.5 Å². The van der Waals surface area contributed by atoms with Crippen LogP contribution in [0.5, 0.6) is 0 Å². The van der Waals surface area contributed by atoms with Crippen LogP contribution >= 0.6 is 11.3 Å². The van der Waals surface area contributed by atoms with Crippen LogP contribution in [0, 0.1) is 0 Å². The van der Waals surface area contributed by atoms with E-state index in [0.717, 1.165) is 15.8 Å². The highest BCUT2D eigenvalue weighted by molar-refractivity contribution is 7.22. The van der Waals surface area contributed by atoms with E-state index in [1.165, 1.54) is 11.3 Å². The molecule has 0 spiro atoms. The Bertz CT molecular complexity index is 499. The normalized spacial score (nSPS) is 12.2. The van der Waals surface area contributed by atoms with Crippen molar-refractivity contribution in [1.29, 1.82) is 0 Å². The number of hydrogen-bond donors (Lipinski definition) is 1.